The highest BCUT2D eigenvalue weighted by atomic mass is 35.5. The van der Waals surface area contributed by atoms with E-state index >= 15 is 0 Å². The van der Waals surface area contributed by atoms with E-state index in [-0.39, 0.29) is 11.3 Å². The molecule has 0 spiro atoms. The molecule has 0 amide bonds. The molecule has 0 aliphatic carbocycles. The Kier molecular flexibility index (Phi) is 3.11. The van der Waals surface area contributed by atoms with Crippen LogP contribution in [0.15, 0.2) is 6.07 Å². The zero-order valence-electron chi connectivity index (χ0n) is 9.20. The Balaban J connectivity index is 1.72. The predicted octanol–water partition coefficient (Wildman–Crippen LogP) is 2.45. The lowest BCUT2D eigenvalue weighted by Gasteiger charge is -2.29. The smallest absolute Gasteiger partial charge is 0.193 e. The molecular weight excluding hydrogens is 261 g/mol. The molecule has 1 aromatic rings. The highest BCUT2D eigenvalue weighted by molar-refractivity contribution is 6.32. The van der Waals surface area contributed by atoms with E-state index in [1.165, 1.54) is 12.8 Å². The molecule has 3 heterocycles. The van der Waals surface area contributed by atoms with Crippen molar-refractivity contribution in [3.8, 4) is 5.75 Å². The molecule has 2 atom stereocenters. The Morgan fingerprint density at radius 1 is 1.18 bits per heavy atom. The molecule has 0 radical (unpaired) electrons. The number of ether oxygens (including phenoxy) is 1. The van der Waals surface area contributed by atoms with Gasteiger partial charge in [0.1, 0.15) is 6.10 Å². The summed E-state index contributed by atoms with van der Waals surface area (Å²) >= 11 is 11.7. The molecule has 0 saturated carbocycles. The number of aromatic nitrogens is 2. The first-order valence-electron chi connectivity index (χ1n) is 5.82. The second-order valence-corrected chi connectivity index (χ2v) is 5.42. The average Bonchev–Trinajstić information content (AvgIpc) is 2.63. The van der Waals surface area contributed by atoms with Crippen LogP contribution in [0.5, 0.6) is 5.75 Å². The Morgan fingerprint density at radius 2 is 1.88 bits per heavy atom. The van der Waals surface area contributed by atoms with E-state index in [1.54, 1.807) is 6.07 Å². The molecule has 6 heteroatoms. The normalized spacial score (nSPS) is 31.5. The zero-order chi connectivity index (χ0) is 11.8. The molecule has 92 valence electrons. The maximum absolute atomic E-state index is 5.93. The Morgan fingerprint density at radius 3 is 2.59 bits per heavy atom. The van der Waals surface area contributed by atoms with Gasteiger partial charge in [0.25, 0.3) is 0 Å². The van der Waals surface area contributed by atoms with Crippen LogP contribution in [0.25, 0.3) is 0 Å². The fraction of sp³-hybridized carbons (Fsp3) is 0.636. The van der Waals surface area contributed by atoms with E-state index in [4.69, 9.17) is 27.9 Å². The molecule has 17 heavy (non-hydrogen) atoms. The molecule has 2 saturated heterocycles. The standard InChI is InChI=1S/C11H13Cl2N3O/c12-10-5-9(11(13)16-15-10)17-8-3-6-1-2-7(4-8)14-6/h5-8,14H,1-4H2. The first-order chi connectivity index (χ1) is 8.20. The zero-order valence-corrected chi connectivity index (χ0v) is 10.7. The molecule has 4 nitrogen and oxygen atoms in total. The van der Waals surface area contributed by atoms with Gasteiger partial charge in [-0.05, 0) is 25.7 Å². The summed E-state index contributed by atoms with van der Waals surface area (Å²) in [6.45, 7) is 0. The maximum atomic E-state index is 5.93. The highest BCUT2D eigenvalue weighted by Crippen LogP contribution is 2.32. The van der Waals surface area contributed by atoms with Crippen LogP contribution in [0.3, 0.4) is 0 Å². The van der Waals surface area contributed by atoms with Gasteiger partial charge in [0.05, 0.1) is 0 Å². The van der Waals surface area contributed by atoms with Crippen LogP contribution in [0.1, 0.15) is 25.7 Å². The summed E-state index contributed by atoms with van der Waals surface area (Å²) < 4.78 is 5.89. The molecule has 2 aliphatic heterocycles. The Labute approximate surface area is 110 Å². The van der Waals surface area contributed by atoms with Gasteiger partial charge < -0.3 is 10.1 Å². The van der Waals surface area contributed by atoms with E-state index in [9.17, 15) is 0 Å². The summed E-state index contributed by atoms with van der Waals surface area (Å²) in [6, 6.07) is 2.80. The lowest BCUT2D eigenvalue weighted by Crippen LogP contribution is -2.42. The first kappa shape index (κ1) is 11.5. The molecule has 2 unspecified atom stereocenters. The number of halogens is 2. The number of fused-ring (bicyclic) bond motifs is 2. The molecule has 1 aromatic heterocycles. The number of nitrogens with one attached hydrogen (secondary N) is 1. The van der Waals surface area contributed by atoms with Gasteiger partial charge in [-0.25, -0.2) is 0 Å². The summed E-state index contributed by atoms with van der Waals surface area (Å²) in [4.78, 5) is 0. The Bertz CT molecular complexity index is 417. The maximum Gasteiger partial charge on any atom is 0.193 e. The molecular formula is C11H13Cl2N3O. The largest absolute Gasteiger partial charge is 0.487 e. The van der Waals surface area contributed by atoms with Crippen molar-refractivity contribution >= 4 is 23.2 Å². The highest BCUT2D eigenvalue weighted by Gasteiger charge is 2.34. The minimum Gasteiger partial charge on any atom is -0.487 e. The Hall–Kier alpha value is -0.580. The van der Waals surface area contributed by atoms with E-state index in [2.05, 4.69) is 15.5 Å². The summed E-state index contributed by atoms with van der Waals surface area (Å²) in [6.07, 6.45) is 4.73. The molecule has 0 aromatic carbocycles. The van der Waals surface area contributed by atoms with Gasteiger partial charge >= 0.3 is 0 Å². The van der Waals surface area contributed by atoms with Gasteiger partial charge in [-0.1, -0.05) is 23.2 Å². The van der Waals surface area contributed by atoms with Crippen LogP contribution in [0.2, 0.25) is 10.3 Å². The van der Waals surface area contributed by atoms with E-state index in [0.717, 1.165) is 12.8 Å². The third kappa shape index (κ3) is 2.49. The van der Waals surface area contributed by atoms with E-state index in [1.807, 2.05) is 0 Å². The number of piperidine rings is 1. The van der Waals surface area contributed by atoms with Gasteiger partial charge in [0, 0.05) is 18.2 Å². The third-order valence-corrected chi connectivity index (χ3v) is 3.86. The van der Waals surface area contributed by atoms with Crippen molar-refractivity contribution < 1.29 is 4.74 Å². The topological polar surface area (TPSA) is 47.0 Å². The van der Waals surface area contributed by atoms with Crippen LogP contribution >= 0.6 is 23.2 Å². The fourth-order valence-electron chi connectivity index (χ4n) is 2.70. The molecule has 3 rings (SSSR count). The summed E-state index contributed by atoms with van der Waals surface area (Å²) in [7, 11) is 0. The molecule has 2 fully saturated rings. The molecule has 2 aliphatic rings. The minimum absolute atomic E-state index is 0.200. The van der Waals surface area contributed by atoms with Crippen molar-refractivity contribution in [2.45, 2.75) is 43.9 Å². The summed E-state index contributed by atoms with van der Waals surface area (Å²) in [5, 5.41) is 11.6. The number of hydrogen-bond acceptors (Lipinski definition) is 4. The summed E-state index contributed by atoms with van der Waals surface area (Å²) in [5.41, 5.74) is 0. The van der Waals surface area contributed by atoms with Gasteiger partial charge in [-0.3, -0.25) is 0 Å². The summed E-state index contributed by atoms with van der Waals surface area (Å²) in [5.74, 6) is 0.540. The van der Waals surface area contributed by atoms with Crippen LogP contribution in [-0.4, -0.2) is 28.4 Å². The van der Waals surface area contributed by atoms with Crippen LogP contribution in [-0.2, 0) is 0 Å². The molecule has 1 N–H and O–H groups in total. The SMILES string of the molecule is Clc1cc(OC2CC3CCC(C2)N3)c(Cl)nn1. The van der Waals surface area contributed by atoms with Gasteiger partial charge in [-0.2, -0.15) is 0 Å². The second kappa shape index (κ2) is 4.59. The van der Waals surface area contributed by atoms with Crippen LogP contribution in [0.4, 0.5) is 0 Å². The second-order valence-electron chi connectivity index (χ2n) is 4.67. The molecule has 2 bridgehead atoms. The number of nitrogens with zero attached hydrogens (tertiary/aromatic N) is 2. The van der Waals surface area contributed by atoms with Crippen molar-refractivity contribution in [1.82, 2.24) is 15.5 Å². The van der Waals surface area contributed by atoms with Crippen LogP contribution < -0.4 is 10.1 Å². The predicted molar refractivity (Wildman–Crippen MR) is 65.6 cm³/mol. The average molecular weight is 274 g/mol. The monoisotopic (exact) mass is 273 g/mol. The fourth-order valence-corrected chi connectivity index (χ4v) is 2.97. The minimum atomic E-state index is 0.200. The van der Waals surface area contributed by atoms with Crippen LogP contribution in [0, 0.1) is 0 Å². The van der Waals surface area contributed by atoms with Crippen molar-refractivity contribution in [2.75, 3.05) is 0 Å². The quantitative estimate of drug-likeness (QED) is 0.899. The number of hydrogen-bond donors (Lipinski definition) is 1. The van der Waals surface area contributed by atoms with Crippen molar-refractivity contribution in [1.29, 1.82) is 0 Å². The lowest BCUT2D eigenvalue weighted by atomic mass is 10.0. The van der Waals surface area contributed by atoms with Crippen molar-refractivity contribution in [3.05, 3.63) is 16.4 Å². The lowest BCUT2D eigenvalue weighted by molar-refractivity contribution is 0.137. The van der Waals surface area contributed by atoms with Gasteiger partial charge in [0.15, 0.2) is 16.1 Å². The van der Waals surface area contributed by atoms with E-state index < -0.39 is 0 Å². The van der Waals surface area contributed by atoms with Gasteiger partial charge in [-0.15, -0.1) is 10.2 Å². The van der Waals surface area contributed by atoms with Crippen molar-refractivity contribution in [3.63, 3.8) is 0 Å². The first-order valence-corrected chi connectivity index (χ1v) is 6.58. The number of rotatable bonds is 2. The van der Waals surface area contributed by atoms with E-state index in [0.29, 0.717) is 23.0 Å². The van der Waals surface area contributed by atoms with Gasteiger partial charge in [0.2, 0.25) is 0 Å². The third-order valence-electron chi connectivity index (χ3n) is 3.41. The van der Waals surface area contributed by atoms with Crippen molar-refractivity contribution in [2.24, 2.45) is 0 Å².